The Hall–Kier alpha value is -0.600. The number of hydrogen-bond acceptors (Lipinski definition) is 1. The van der Waals surface area contributed by atoms with Gasteiger partial charge in [0.2, 0.25) is 5.67 Å². The lowest BCUT2D eigenvalue weighted by Gasteiger charge is -2.03. The number of carbonyl (C=O) groups is 1. The van der Waals surface area contributed by atoms with Crippen molar-refractivity contribution in [3.63, 3.8) is 0 Å². The quantitative estimate of drug-likeness (QED) is 0.536. The Morgan fingerprint density at radius 1 is 1.71 bits per heavy atom. The first-order valence-corrected chi connectivity index (χ1v) is 1.87. The van der Waals surface area contributed by atoms with Crippen molar-refractivity contribution in [1.82, 2.24) is 0 Å². The molecule has 0 radical (unpaired) electrons. The highest BCUT2D eigenvalue weighted by atomic mass is 18.2. The van der Waals surface area contributed by atoms with E-state index in [0.717, 1.165) is 13.8 Å². The summed E-state index contributed by atoms with van der Waals surface area (Å²) in [5, 5.41) is 7.88. The maximum Gasteiger partial charge on any atom is 0.340 e. The molecule has 0 aliphatic rings. The Morgan fingerprint density at radius 2 is 1.86 bits per heavy atom. The van der Waals surface area contributed by atoms with E-state index in [1.54, 1.807) is 0 Å². The van der Waals surface area contributed by atoms with Gasteiger partial charge in [-0.25, -0.2) is 9.18 Å². The van der Waals surface area contributed by atoms with Crippen LogP contribution in [0.1, 0.15) is 13.8 Å². The Labute approximate surface area is 41.0 Å². The zero-order valence-corrected chi connectivity index (χ0v) is 4.23. The van der Waals surface area contributed by atoms with Gasteiger partial charge in [-0.2, -0.15) is 0 Å². The van der Waals surface area contributed by atoms with E-state index < -0.39 is 11.6 Å². The first-order chi connectivity index (χ1) is 2.94. The van der Waals surface area contributed by atoms with Crippen LogP contribution in [0.25, 0.3) is 0 Å². The van der Waals surface area contributed by atoms with Crippen LogP contribution in [0, 0.1) is 0 Å². The molecule has 0 aliphatic heterocycles. The molecule has 42 valence electrons. The number of aliphatic carboxylic acids is 1. The van der Waals surface area contributed by atoms with Crippen molar-refractivity contribution in [2.75, 3.05) is 0 Å². The smallest absolute Gasteiger partial charge is 0.340 e. The summed E-state index contributed by atoms with van der Waals surface area (Å²) in [5.41, 5.74) is -2.08. The second-order valence-electron chi connectivity index (χ2n) is 1.78. The fraction of sp³-hybridized carbons (Fsp3) is 0.750. The molecule has 0 spiro atoms. The zero-order valence-electron chi connectivity index (χ0n) is 4.23. The SMILES string of the molecule is CC(C)([18F])C(=O)O. The molecule has 0 aliphatic carbocycles. The van der Waals surface area contributed by atoms with E-state index in [9.17, 15) is 9.18 Å². The van der Waals surface area contributed by atoms with Crippen molar-refractivity contribution in [3.8, 4) is 0 Å². The minimum atomic E-state index is -2.08. The van der Waals surface area contributed by atoms with Crippen LogP contribution in [0.5, 0.6) is 0 Å². The van der Waals surface area contributed by atoms with E-state index >= 15 is 0 Å². The van der Waals surface area contributed by atoms with Gasteiger partial charge in [0.05, 0.1) is 0 Å². The molecule has 0 unspecified atom stereocenters. The van der Waals surface area contributed by atoms with Crippen LogP contribution in [0.15, 0.2) is 0 Å². The van der Waals surface area contributed by atoms with Crippen molar-refractivity contribution in [1.29, 1.82) is 0 Å². The summed E-state index contributed by atoms with van der Waals surface area (Å²) in [5.74, 6) is -1.42. The summed E-state index contributed by atoms with van der Waals surface area (Å²) in [6.45, 7) is 1.99. The lowest BCUT2D eigenvalue weighted by atomic mass is 10.2. The maximum atomic E-state index is 11.9. The van der Waals surface area contributed by atoms with Gasteiger partial charge in [-0.1, -0.05) is 0 Å². The molecule has 0 saturated heterocycles. The molecule has 0 bridgehead atoms. The van der Waals surface area contributed by atoms with Crippen molar-refractivity contribution >= 4 is 5.97 Å². The second kappa shape index (κ2) is 1.48. The third-order valence-electron chi connectivity index (χ3n) is 0.509. The number of halogens is 1. The summed E-state index contributed by atoms with van der Waals surface area (Å²) in [4.78, 5) is 9.65. The molecule has 0 aromatic heterocycles. The molecule has 0 rings (SSSR count). The molecule has 0 fully saturated rings. The van der Waals surface area contributed by atoms with E-state index in [1.165, 1.54) is 0 Å². The third kappa shape index (κ3) is 2.14. The Bertz CT molecular complexity index is 82.2. The largest absolute Gasteiger partial charge is 0.479 e. The summed E-state index contributed by atoms with van der Waals surface area (Å²) in [7, 11) is 0. The van der Waals surface area contributed by atoms with E-state index in [1.807, 2.05) is 0 Å². The Kier molecular flexibility index (Phi) is 1.35. The third-order valence-corrected chi connectivity index (χ3v) is 0.509. The molecule has 1 N–H and O–H groups in total. The lowest BCUT2D eigenvalue weighted by Crippen LogP contribution is -2.24. The van der Waals surface area contributed by atoms with Crippen LogP contribution in [0.3, 0.4) is 0 Å². The molecule has 7 heavy (non-hydrogen) atoms. The van der Waals surface area contributed by atoms with Crippen molar-refractivity contribution < 1.29 is 14.3 Å². The molecule has 0 heterocycles. The highest BCUT2D eigenvalue weighted by Gasteiger charge is 2.24. The first-order valence-electron chi connectivity index (χ1n) is 1.87. The standard InChI is InChI=1S/C4H7FO2/c1-4(2,5)3(6)7/h1-2H3,(H,6,7)/i5-1. The minimum Gasteiger partial charge on any atom is -0.479 e. The molecule has 0 amide bonds. The number of carboxylic acid groups (broad SMARTS) is 1. The van der Waals surface area contributed by atoms with E-state index in [4.69, 9.17) is 5.11 Å². The maximum absolute atomic E-state index is 11.9. The monoisotopic (exact) mass is 105 g/mol. The van der Waals surface area contributed by atoms with Crippen molar-refractivity contribution in [3.05, 3.63) is 0 Å². The van der Waals surface area contributed by atoms with Crippen LogP contribution in [-0.4, -0.2) is 16.7 Å². The molecule has 3 heteroatoms. The molecular weight excluding hydrogens is 98.0 g/mol. The predicted octanol–water partition coefficient (Wildman–Crippen LogP) is 0.819. The molecule has 0 saturated carbocycles. The average Bonchev–Trinajstić information content (AvgIpc) is 1.31. The van der Waals surface area contributed by atoms with Crippen molar-refractivity contribution in [2.45, 2.75) is 19.5 Å². The van der Waals surface area contributed by atoms with E-state index in [0.29, 0.717) is 0 Å². The fourth-order valence-corrected chi connectivity index (χ4v) is 0. The predicted molar refractivity (Wildman–Crippen MR) is 22.8 cm³/mol. The van der Waals surface area contributed by atoms with E-state index in [2.05, 4.69) is 0 Å². The lowest BCUT2D eigenvalue weighted by molar-refractivity contribution is -0.148. The Balaban J connectivity index is 3.79. The highest BCUT2D eigenvalue weighted by Crippen LogP contribution is 2.05. The molecule has 0 aromatic rings. The van der Waals surface area contributed by atoms with Crippen molar-refractivity contribution in [2.24, 2.45) is 0 Å². The molecule has 0 atom stereocenters. The Morgan fingerprint density at radius 3 is 1.86 bits per heavy atom. The minimum absolute atomic E-state index is 0.995. The number of alkyl halides is 1. The van der Waals surface area contributed by atoms with Gasteiger partial charge >= 0.3 is 5.97 Å². The number of rotatable bonds is 1. The first kappa shape index (κ1) is 6.40. The van der Waals surface area contributed by atoms with Gasteiger partial charge < -0.3 is 5.11 Å². The van der Waals surface area contributed by atoms with Gasteiger partial charge in [-0.3, -0.25) is 0 Å². The van der Waals surface area contributed by atoms with Gasteiger partial charge in [0.1, 0.15) is 0 Å². The van der Waals surface area contributed by atoms with Gasteiger partial charge in [0, 0.05) is 0 Å². The zero-order chi connectivity index (χ0) is 6.08. The average molecular weight is 105 g/mol. The van der Waals surface area contributed by atoms with Crippen LogP contribution in [-0.2, 0) is 4.79 Å². The van der Waals surface area contributed by atoms with Gasteiger partial charge in [-0.15, -0.1) is 0 Å². The molecular formula is C4H7FO2. The summed E-state index contributed by atoms with van der Waals surface area (Å²) in [6.07, 6.45) is 0. The van der Waals surface area contributed by atoms with Gasteiger partial charge in [-0.05, 0) is 13.8 Å². The van der Waals surface area contributed by atoms with E-state index in [-0.39, 0.29) is 0 Å². The topological polar surface area (TPSA) is 37.3 Å². The van der Waals surface area contributed by atoms with Crippen LogP contribution in [0.4, 0.5) is 4.39 Å². The molecule has 0 aromatic carbocycles. The van der Waals surface area contributed by atoms with Crippen LogP contribution in [0.2, 0.25) is 0 Å². The highest BCUT2D eigenvalue weighted by molar-refractivity contribution is 5.75. The number of carboxylic acids is 1. The summed E-state index contributed by atoms with van der Waals surface area (Å²) >= 11 is 0. The van der Waals surface area contributed by atoms with Crippen LogP contribution >= 0.6 is 0 Å². The second-order valence-corrected chi connectivity index (χ2v) is 1.78. The normalized spacial score (nSPS) is 11.3. The summed E-state index contributed by atoms with van der Waals surface area (Å²) in [6, 6.07) is 0. The fourth-order valence-electron chi connectivity index (χ4n) is 0. The van der Waals surface area contributed by atoms with Gasteiger partial charge in [0.15, 0.2) is 0 Å². The number of hydrogen-bond donors (Lipinski definition) is 1. The summed E-state index contributed by atoms with van der Waals surface area (Å²) < 4.78 is 11.9. The molecule has 2 nitrogen and oxygen atoms in total. The van der Waals surface area contributed by atoms with Crippen LogP contribution < -0.4 is 0 Å². The van der Waals surface area contributed by atoms with Gasteiger partial charge in [0.25, 0.3) is 0 Å².